The summed E-state index contributed by atoms with van der Waals surface area (Å²) in [6.45, 7) is 4.89. The molecule has 0 heterocycles. The molecule has 1 rings (SSSR count). The van der Waals surface area contributed by atoms with Gasteiger partial charge < -0.3 is 19.3 Å². The number of halogens is 1. The average Bonchev–Trinajstić information content (AvgIpc) is 2.45. The van der Waals surface area contributed by atoms with Crippen LogP contribution in [-0.4, -0.2) is 37.0 Å². The largest absolute Gasteiger partial charge is 0.493 e. The summed E-state index contributed by atoms with van der Waals surface area (Å²) in [6, 6.07) is 2.31. The van der Waals surface area contributed by atoms with Crippen LogP contribution in [0.15, 0.2) is 17.8 Å². The SMILES string of the molecule is COc1cc(F)c(/C=C(\NC(=O)OC(C)(C)C)C(=O)O)cc1OC. The van der Waals surface area contributed by atoms with Crippen LogP contribution in [0.25, 0.3) is 6.08 Å². The molecule has 0 aliphatic heterocycles. The zero-order chi connectivity index (χ0) is 18.5. The zero-order valence-electron chi connectivity index (χ0n) is 14.1. The molecule has 0 bridgehead atoms. The van der Waals surface area contributed by atoms with Crippen LogP contribution in [0.2, 0.25) is 0 Å². The van der Waals surface area contributed by atoms with E-state index >= 15 is 0 Å². The minimum Gasteiger partial charge on any atom is -0.493 e. The second kappa shape index (κ2) is 7.67. The minimum absolute atomic E-state index is 0.0962. The Morgan fingerprint density at radius 2 is 1.71 bits per heavy atom. The second-order valence-electron chi connectivity index (χ2n) is 5.72. The summed E-state index contributed by atoms with van der Waals surface area (Å²) in [4.78, 5) is 23.0. The Morgan fingerprint density at radius 3 is 2.17 bits per heavy atom. The zero-order valence-corrected chi connectivity index (χ0v) is 14.1. The molecule has 7 nitrogen and oxygen atoms in total. The van der Waals surface area contributed by atoms with Gasteiger partial charge in [-0.25, -0.2) is 14.0 Å². The normalized spacial score (nSPS) is 11.7. The molecule has 0 aromatic heterocycles. The lowest BCUT2D eigenvalue weighted by Crippen LogP contribution is -2.34. The minimum atomic E-state index is -1.45. The lowest BCUT2D eigenvalue weighted by atomic mass is 10.1. The molecule has 0 spiro atoms. The van der Waals surface area contributed by atoms with Crippen molar-refractivity contribution in [3.05, 3.63) is 29.2 Å². The van der Waals surface area contributed by atoms with E-state index in [2.05, 4.69) is 5.32 Å². The van der Waals surface area contributed by atoms with Crippen LogP contribution in [0.3, 0.4) is 0 Å². The highest BCUT2D eigenvalue weighted by atomic mass is 19.1. The third kappa shape index (κ3) is 5.45. The first-order chi connectivity index (χ1) is 11.1. The Kier molecular flexibility index (Phi) is 6.16. The van der Waals surface area contributed by atoms with Crippen LogP contribution < -0.4 is 14.8 Å². The Bertz CT molecular complexity index is 663. The number of carboxylic acid groups (broad SMARTS) is 1. The van der Waals surface area contributed by atoms with Crippen LogP contribution in [0.1, 0.15) is 26.3 Å². The predicted molar refractivity (Wildman–Crippen MR) is 84.5 cm³/mol. The van der Waals surface area contributed by atoms with Crippen molar-refractivity contribution in [3.63, 3.8) is 0 Å². The number of amides is 1. The molecule has 0 unspecified atom stereocenters. The Balaban J connectivity index is 3.17. The first-order valence-electron chi connectivity index (χ1n) is 6.94. The van der Waals surface area contributed by atoms with E-state index in [1.54, 1.807) is 20.8 Å². The third-order valence-corrected chi connectivity index (χ3v) is 2.67. The molecule has 2 N–H and O–H groups in total. The number of ether oxygens (including phenoxy) is 3. The van der Waals surface area contributed by atoms with Crippen molar-refractivity contribution in [2.24, 2.45) is 0 Å². The first-order valence-corrected chi connectivity index (χ1v) is 6.94. The maximum absolute atomic E-state index is 14.1. The van der Waals surface area contributed by atoms with E-state index in [4.69, 9.17) is 14.2 Å². The van der Waals surface area contributed by atoms with E-state index < -0.39 is 29.2 Å². The number of aliphatic carboxylic acids is 1. The van der Waals surface area contributed by atoms with E-state index in [1.807, 2.05) is 0 Å². The van der Waals surface area contributed by atoms with Gasteiger partial charge in [0.2, 0.25) is 0 Å². The molecule has 0 atom stereocenters. The van der Waals surface area contributed by atoms with E-state index in [0.29, 0.717) is 0 Å². The molecule has 132 valence electrons. The lowest BCUT2D eigenvalue weighted by molar-refractivity contribution is -0.133. The van der Waals surface area contributed by atoms with Crippen LogP contribution in [0.4, 0.5) is 9.18 Å². The summed E-state index contributed by atoms with van der Waals surface area (Å²) in [6.07, 6.45) is 0.000773. The van der Waals surface area contributed by atoms with Crippen LogP contribution in [0.5, 0.6) is 11.5 Å². The van der Waals surface area contributed by atoms with Gasteiger partial charge in [-0.05, 0) is 32.9 Å². The monoisotopic (exact) mass is 341 g/mol. The number of nitrogens with one attached hydrogen (secondary N) is 1. The van der Waals surface area contributed by atoms with Gasteiger partial charge in [0.15, 0.2) is 11.5 Å². The maximum Gasteiger partial charge on any atom is 0.412 e. The summed E-state index contributed by atoms with van der Waals surface area (Å²) in [5.74, 6) is -1.82. The van der Waals surface area contributed by atoms with Gasteiger partial charge in [0, 0.05) is 11.6 Å². The van der Waals surface area contributed by atoms with Crippen molar-refractivity contribution in [3.8, 4) is 11.5 Å². The molecule has 0 saturated carbocycles. The summed E-state index contributed by atoms with van der Waals surface area (Å²) in [5.41, 5.74) is -1.45. The highest BCUT2D eigenvalue weighted by molar-refractivity contribution is 5.95. The molecular weight excluding hydrogens is 321 g/mol. The van der Waals surface area contributed by atoms with Crippen molar-refractivity contribution in [2.75, 3.05) is 14.2 Å². The van der Waals surface area contributed by atoms with E-state index in [9.17, 15) is 19.1 Å². The van der Waals surface area contributed by atoms with Crippen LogP contribution in [0, 0.1) is 5.82 Å². The number of carboxylic acids is 1. The van der Waals surface area contributed by atoms with Gasteiger partial charge in [-0.15, -0.1) is 0 Å². The molecular formula is C16H20FNO6. The van der Waals surface area contributed by atoms with Crippen molar-refractivity contribution in [2.45, 2.75) is 26.4 Å². The number of rotatable bonds is 5. The number of methoxy groups -OCH3 is 2. The van der Waals surface area contributed by atoms with Gasteiger partial charge in [0.05, 0.1) is 14.2 Å². The number of carbonyl (C=O) groups is 2. The fraction of sp³-hybridized carbons (Fsp3) is 0.375. The van der Waals surface area contributed by atoms with Crippen molar-refractivity contribution < 1.29 is 33.3 Å². The van der Waals surface area contributed by atoms with Crippen molar-refractivity contribution in [1.82, 2.24) is 5.32 Å². The molecule has 0 radical (unpaired) electrons. The molecule has 0 saturated heterocycles. The highest BCUT2D eigenvalue weighted by Gasteiger charge is 2.20. The highest BCUT2D eigenvalue weighted by Crippen LogP contribution is 2.30. The van der Waals surface area contributed by atoms with Gasteiger partial charge >= 0.3 is 12.1 Å². The Hall–Kier alpha value is -2.77. The van der Waals surface area contributed by atoms with Gasteiger partial charge in [-0.2, -0.15) is 0 Å². The lowest BCUT2D eigenvalue weighted by Gasteiger charge is -2.19. The van der Waals surface area contributed by atoms with Crippen molar-refractivity contribution in [1.29, 1.82) is 0 Å². The Morgan fingerprint density at radius 1 is 1.17 bits per heavy atom. The maximum atomic E-state index is 14.1. The molecule has 0 aliphatic carbocycles. The molecule has 0 fully saturated rings. The quantitative estimate of drug-likeness (QED) is 0.800. The van der Waals surface area contributed by atoms with Crippen LogP contribution in [-0.2, 0) is 9.53 Å². The predicted octanol–water partition coefficient (Wildman–Crippen LogP) is 2.79. The van der Waals surface area contributed by atoms with Gasteiger partial charge in [-0.3, -0.25) is 5.32 Å². The number of alkyl carbamates (subject to hydrolysis) is 1. The van der Waals surface area contributed by atoms with E-state index in [1.165, 1.54) is 20.3 Å². The summed E-state index contributed by atoms with van der Waals surface area (Å²) in [5, 5.41) is 11.3. The number of benzene rings is 1. The molecule has 24 heavy (non-hydrogen) atoms. The fourth-order valence-corrected chi connectivity index (χ4v) is 1.70. The van der Waals surface area contributed by atoms with Crippen LogP contribution >= 0.6 is 0 Å². The van der Waals surface area contributed by atoms with Gasteiger partial charge in [0.1, 0.15) is 17.1 Å². The van der Waals surface area contributed by atoms with E-state index in [-0.39, 0.29) is 17.1 Å². The molecule has 0 aliphatic rings. The smallest absolute Gasteiger partial charge is 0.412 e. The molecule has 8 heteroatoms. The molecule has 1 aromatic carbocycles. The molecule has 1 aromatic rings. The number of carbonyl (C=O) groups excluding carboxylic acids is 1. The topological polar surface area (TPSA) is 94.1 Å². The third-order valence-electron chi connectivity index (χ3n) is 2.67. The van der Waals surface area contributed by atoms with Gasteiger partial charge in [-0.1, -0.05) is 0 Å². The van der Waals surface area contributed by atoms with Crippen molar-refractivity contribution >= 4 is 18.1 Å². The molecule has 1 amide bonds. The Labute approximate surface area is 139 Å². The first kappa shape index (κ1) is 19.3. The second-order valence-corrected chi connectivity index (χ2v) is 5.72. The van der Waals surface area contributed by atoms with Gasteiger partial charge in [0.25, 0.3) is 0 Å². The summed E-state index contributed by atoms with van der Waals surface area (Å²) >= 11 is 0. The summed E-state index contributed by atoms with van der Waals surface area (Å²) < 4.78 is 29.0. The standard InChI is InChI=1S/C16H20FNO6/c1-16(2,3)24-15(21)18-11(14(19)20)6-9-7-12(22-4)13(23-5)8-10(9)17/h6-8H,1-5H3,(H,18,21)(H,19,20)/b11-6-. The number of hydrogen-bond donors (Lipinski definition) is 2. The average molecular weight is 341 g/mol. The van der Waals surface area contributed by atoms with E-state index in [0.717, 1.165) is 12.1 Å². The number of hydrogen-bond acceptors (Lipinski definition) is 5. The fourth-order valence-electron chi connectivity index (χ4n) is 1.70. The summed E-state index contributed by atoms with van der Waals surface area (Å²) in [7, 11) is 2.71.